The Morgan fingerprint density at radius 2 is 1.67 bits per heavy atom. The zero-order valence-corrected chi connectivity index (χ0v) is 10.6. The normalized spacial score (nSPS) is 13.0. The molecule has 0 spiro atoms. The second-order valence-electron chi connectivity index (χ2n) is 4.32. The minimum Gasteiger partial charge on any atom is -0.496 e. The van der Waals surface area contributed by atoms with Crippen LogP contribution < -0.4 is 4.74 Å². The van der Waals surface area contributed by atoms with Crippen molar-refractivity contribution >= 4 is 0 Å². The molecular weight excluding hydrogens is 186 g/mol. The average Bonchev–Trinajstić information content (AvgIpc) is 2.20. The van der Waals surface area contributed by atoms with Gasteiger partial charge in [-0.1, -0.05) is 6.07 Å². The van der Waals surface area contributed by atoms with Gasteiger partial charge in [0.2, 0.25) is 0 Å². The Morgan fingerprint density at radius 3 is 2.13 bits per heavy atom. The van der Waals surface area contributed by atoms with Gasteiger partial charge < -0.3 is 9.64 Å². The molecule has 0 heterocycles. The Bertz CT molecular complexity index is 345. The standard InChI is InChI=1S/C13H21NO/c1-9-7-12(11(3)14(4)5)13(15-6)8-10(9)2/h7-8,11H,1-6H3. The van der Waals surface area contributed by atoms with Crippen molar-refractivity contribution in [3.8, 4) is 5.75 Å². The van der Waals surface area contributed by atoms with Crippen LogP contribution in [0.1, 0.15) is 29.7 Å². The molecule has 1 unspecified atom stereocenters. The Labute approximate surface area is 92.9 Å². The van der Waals surface area contributed by atoms with Crippen LogP contribution in [0, 0.1) is 13.8 Å². The molecular formula is C13H21NO. The lowest BCUT2D eigenvalue weighted by Crippen LogP contribution is -2.17. The summed E-state index contributed by atoms with van der Waals surface area (Å²) >= 11 is 0. The fourth-order valence-corrected chi connectivity index (χ4v) is 1.59. The largest absolute Gasteiger partial charge is 0.496 e. The van der Waals surface area contributed by atoms with Gasteiger partial charge in [0, 0.05) is 11.6 Å². The number of rotatable bonds is 3. The van der Waals surface area contributed by atoms with Gasteiger partial charge in [-0.3, -0.25) is 0 Å². The van der Waals surface area contributed by atoms with E-state index in [4.69, 9.17) is 4.74 Å². The average molecular weight is 207 g/mol. The predicted octanol–water partition coefficient (Wildman–Crippen LogP) is 2.93. The van der Waals surface area contributed by atoms with Gasteiger partial charge in [-0.2, -0.15) is 0 Å². The zero-order chi connectivity index (χ0) is 11.6. The summed E-state index contributed by atoms with van der Waals surface area (Å²) in [6.45, 7) is 6.44. The third-order valence-corrected chi connectivity index (χ3v) is 3.07. The first-order valence-corrected chi connectivity index (χ1v) is 5.29. The molecule has 1 atom stereocenters. The summed E-state index contributed by atoms with van der Waals surface area (Å²) < 4.78 is 5.43. The lowest BCUT2D eigenvalue weighted by Gasteiger charge is -2.23. The van der Waals surface area contributed by atoms with Crippen molar-refractivity contribution in [3.05, 3.63) is 28.8 Å². The van der Waals surface area contributed by atoms with Gasteiger partial charge in [0.25, 0.3) is 0 Å². The summed E-state index contributed by atoms with van der Waals surface area (Å²) in [7, 11) is 5.90. The first-order chi connectivity index (χ1) is 6.97. The minimum absolute atomic E-state index is 0.374. The Hall–Kier alpha value is -1.02. The number of nitrogens with zero attached hydrogens (tertiary/aromatic N) is 1. The van der Waals surface area contributed by atoms with Crippen LogP contribution in [-0.4, -0.2) is 26.1 Å². The molecule has 1 rings (SSSR count). The van der Waals surface area contributed by atoms with Crippen LogP contribution in [0.5, 0.6) is 5.75 Å². The maximum Gasteiger partial charge on any atom is 0.123 e. The summed E-state index contributed by atoms with van der Waals surface area (Å²) in [6, 6.07) is 4.71. The summed E-state index contributed by atoms with van der Waals surface area (Å²) in [5, 5.41) is 0. The molecule has 0 bridgehead atoms. The zero-order valence-electron chi connectivity index (χ0n) is 10.6. The molecule has 0 saturated carbocycles. The molecule has 2 heteroatoms. The van der Waals surface area contributed by atoms with Gasteiger partial charge in [-0.25, -0.2) is 0 Å². The minimum atomic E-state index is 0.374. The summed E-state index contributed by atoms with van der Waals surface area (Å²) in [5.41, 5.74) is 3.85. The van der Waals surface area contributed by atoms with Gasteiger partial charge in [0.1, 0.15) is 5.75 Å². The predicted molar refractivity (Wildman–Crippen MR) is 64.6 cm³/mol. The highest BCUT2D eigenvalue weighted by molar-refractivity contribution is 5.43. The molecule has 0 amide bonds. The Balaban J connectivity index is 3.21. The van der Waals surface area contributed by atoms with Crippen molar-refractivity contribution in [2.45, 2.75) is 26.8 Å². The van der Waals surface area contributed by atoms with Crippen molar-refractivity contribution < 1.29 is 4.74 Å². The lowest BCUT2D eigenvalue weighted by molar-refractivity contribution is 0.308. The smallest absolute Gasteiger partial charge is 0.123 e. The molecule has 0 radical (unpaired) electrons. The van der Waals surface area contributed by atoms with Crippen LogP contribution in [0.25, 0.3) is 0 Å². The maximum absolute atomic E-state index is 5.43. The highest BCUT2D eigenvalue weighted by atomic mass is 16.5. The van der Waals surface area contributed by atoms with E-state index < -0.39 is 0 Å². The number of ether oxygens (including phenoxy) is 1. The van der Waals surface area contributed by atoms with E-state index in [1.54, 1.807) is 7.11 Å². The Kier molecular flexibility index (Phi) is 3.75. The topological polar surface area (TPSA) is 12.5 Å². The molecule has 0 N–H and O–H groups in total. The molecule has 0 aliphatic carbocycles. The van der Waals surface area contributed by atoms with Crippen LogP contribution in [0.4, 0.5) is 0 Å². The molecule has 0 aliphatic rings. The third-order valence-electron chi connectivity index (χ3n) is 3.07. The SMILES string of the molecule is COc1cc(C)c(C)cc1C(C)N(C)C. The van der Waals surface area contributed by atoms with Gasteiger partial charge in [-0.05, 0) is 52.1 Å². The van der Waals surface area contributed by atoms with Crippen molar-refractivity contribution in [3.63, 3.8) is 0 Å². The Morgan fingerprint density at radius 1 is 1.13 bits per heavy atom. The number of aryl methyl sites for hydroxylation is 2. The molecule has 84 valence electrons. The van der Waals surface area contributed by atoms with Crippen LogP contribution in [0.2, 0.25) is 0 Å². The van der Waals surface area contributed by atoms with E-state index in [1.165, 1.54) is 16.7 Å². The first-order valence-electron chi connectivity index (χ1n) is 5.29. The molecule has 1 aromatic rings. The maximum atomic E-state index is 5.43. The van der Waals surface area contributed by atoms with E-state index in [2.05, 4.69) is 51.9 Å². The fraction of sp³-hybridized carbons (Fsp3) is 0.538. The van der Waals surface area contributed by atoms with Gasteiger partial charge in [0.15, 0.2) is 0 Å². The van der Waals surface area contributed by atoms with Crippen molar-refractivity contribution in [2.75, 3.05) is 21.2 Å². The van der Waals surface area contributed by atoms with E-state index in [0.717, 1.165) is 5.75 Å². The van der Waals surface area contributed by atoms with E-state index in [0.29, 0.717) is 6.04 Å². The molecule has 2 nitrogen and oxygen atoms in total. The monoisotopic (exact) mass is 207 g/mol. The highest BCUT2D eigenvalue weighted by Crippen LogP contribution is 2.30. The second kappa shape index (κ2) is 4.67. The summed E-state index contributed by atoms with van der Waals surface area (Å²) in [6.07, 6.45) is 0. The van der Waals surface area contributed by atoms with Crippen molar-refractivity contribution in [1.29, 1.82) is 0 Å². The molecule has 15 heavy (non-hydrogen) atoms. The van der Waals surface area contributed by atoms with E-state index in [-0.39, 0.29) is 0 Å². The molecule has 0 aromatic heterocycles. The van der Waals surface area contributed by atoms with Crippen molar-refractivity contribution in [2.24, 2.45) is 0 Å². The van der Waals surface area contributed by atoms with E-state index in [9.17, 15) is 0 Å². The highest BCUT2D eigenvalue weighted by Gasteiger charge is 2.14. The quantitative estimate of drug-likeness (QED) is 0.755. The summed E-state index contributed by atoms with van der Waals surface area (Å²) in [4.78, 5) is 2.19. The van der Waals surface area contributed by atoms with Crippen LogP contribution in [0.3, 0.4) is 0 Å². The number of benzene rings is 1. The molecule has 1 aromatic carbocycles. The number of methoxy groups -OCH3 is 1. The van der Waals surface area contributed by atoms with Gasteiger partial charge in [-0.15, -0.1) is 0 Å². The van der Waals surface area contributed by atoms with Gasteiger partial charge in [0.05, 0.1) is 7.11 Å². The lowest BCUT2D eigenvalue weighted by atomic mass is 10.00. The summed E-state index contributed by atoms with van der Waals surface area (Å²) in [5.74, 6) is 0.985. The van der Waals surface area contributed by atoms with Crippen LogP contribution in [-0.2, 0) is 0 Å². The van der Waals surface area contributed by atoms with Crippen molar-refractivity contribution in [1.82, 2.24) is 4.90 Å². The molecule has 0 fully saturated rings. The van der Waals surface area contributed by atoms with E-state index in [1.807, 2.05) is 0 Å². The van der Waals surface area contributed by atoms with Gasteiger partial charge >= 0.3 is 0 Å². The van der Waals surface area contributed by atoms with Crippen LogP contribution in [0.15, 0.2) is 12.1 Å². The van der Waals surface area contributed by atoms with E-state index >= 15 is 0 Å². The number of hydrogen-bond donors (Lipinski definition) is 0. The first kappa shape index (κ1) is 12.1. The second-order valence-corrected chi connectivity index (χ2v) is 4.32. The number of hydrogen-bond acceptors (Lipinski definition) is 2. The fourth-order valence-electron chi connectivity index (χ4n) is 1.59. The molecule has 0 aliphatic heterocycles. The third kappa shape index (κ3) is 2.51. The molecule has 0 saturated heterocycles. The van der Waals surface area contributed by atoms with Crippen LogP contribution >= 0.6 is 0 Å².